The summed E-state index contributed by atoms with van der Waals surface area (Å²) in [6.45, 7) is 11.0. The molecule has 0 saturated carbocycles. The van der Waals surface area contributed by atoms with E-state index in [-0.39, 0.29) is 46.7 Å². The molecular weight excluding hydrogens is 697 g/mol. The van der Waals surface area contributed by atoms with E-state index < -0.39 is 0 Å². The number of methoxy groups -OCH3 is 3. The van der Waals surface area contributed by atoms with Crippen LogP contribution in [0.25, 0.3) is 0 Å². The lowest BCUT2D eigenvalue weighted by atomic mass is 9.68. The Labute approximate surface area is 328 Å². The third kappa shape index (κ3) is 7.99. The summed E-state index contributed by atoms with van der Waals surface area (Å²) < 4.78 is 35.7. The van der Waals surface area contributed by atoms with Crippen molar-refractivity contribution >= 4 is 11.9 Å². The van der Waals surface area contributed by atoms with Crippen molar-refractivity contribution in [2.75, 3.05) is 54.6 Å². The van der Waals surface area contributed by atoms with Gasteiger partial charge in [0, 0.05) is 42.3 Å². The van der Waals surface area contributed by atoms with Gasteiger partial charge in [-0.25, -0.2) is 0 Å². The number of carbonyl (C=O) groups is 2. The number of hydrogen-bond donors (Lipinski definition) is 0. The molecule has 0 spiro atoms. The molecule has 2 fully saturated rings. The van der Waals surface area contributed by atoms with Crippen LogP contribution in [-0.2, 0) is 29.9 Å². The van der Waals surface area contributed by atoms with Crippen LogP contribution in [0.2, 0.25) is 0 Å². The fraction of sp³-hybridized carbons (Fsp3) is 0.600. The number of carbonyl (C=O) groups excluding carboxylic acids is 2. The molecular formula is C45H62N2O8. The molecule has 0 bridgehead atoms. The molecule has 5 unspecified atom stereocenters. The maximum absolute atomic E-state index is 12.8. The van der Waals surface area contributed by atoms with Gasteiger partial charge in [-0.05, 0) is 113 Å². The maximum atomic E-state index is 12.8. The molecule has 0 amide bonds. The average Bonchev–Trinajstić information content (AvgIpc) is 3.75. The Morgan fingerprint density at radius 1 is 0.709 bits per heavy atom. The van der Waals surface area contributed by atoms with Crippen LogP contribution < -0.4 is 18.9 Å². The summed E-state index contributed by atoms with van der Waals surface area (Å²) in [7, 11) is 7.18. The van der Waals surface area contributed by atoms with Crippen molar-refractivity contribution in [1.29, 1.82) is 0 Å². The van der Waals surface area contributed by atoms with Gasteiger partial charge in [-0.3, -0.25) is 19.4 Å². The minimum Gasteiger partial charge on any atom is -0.493 e. The van der Waals surface area contributed by atoms with Crippen molar-refractivity contribution in [2.45, 2.75) is 108 Å². The third-order valence-corrected chi connectivity index (χ3v) is 13.2. The van der Waals surface area contributed by atoms with Crippen LogP contribution in [0.3, 0.4) is 0 Å². The largest absolute Gasteiger partial charge is 0.493 e. The monoisotopic (exact) mass is 758 g/mol. The number of likely N-dealkylation sites (tertiary alicyclic amines) is 2. The summed E-state index contributed by atoms with van der Waals surface area (Å²) in [5.41, 5.74) is 2.15. The van der Waals surface area contributed by atoms with Gasteiger partial charge in [0.2, 0.25) is 0 Å². The van der Waals surface area contributed by atoms with Crippen LogP contribution in [0.1, 0.15) is 96.6 Å². The summed E-state index contributed by atoms with van der Waals surface area (Å²) in [6.07, 6.45) is 11.8. The zero-order valence-electron chi connectivity index (χ0n) is 34.3. The number of benzene rings is 2. The molecule has 55 heavy (non-hydrogen) atoms. The summed E-state index contributed by atoms with van der Waals surface area (Å²) in [5.74, 6) is 3.89. The molecule has 2 heterocycles. The number of hydrogen-bond acceptors (Lipinski definition) is 10. The van der Waals surface area contributed by atoms with E-state index in [0.717, 1.165) is 76.0 Å². The second-order valence-electron chi connectivity index (χ2n) is 15.9. The van der Waals surface area contributed by atoms with Gasteiger partial charge in [-0.2, -0.15) is 0 Å². The quantitative estimate of drug-likeness (QED) is 0.157. The molecule has 0 aromatic heterocycles. The van der Waals surface area contributed by atoms with Gasteiger partial charge in [0.25, 0.3) is 0 Å². The lowest BCUT2D eigenvalue weighted by Gasteiger charge is -2.41. The fourth-order valence-corrected chi connectivity index (χ4v) is 9.46. The highest BCUT2D eigenvalue weighted by atomic mass is 16.5. The number of esters is 2. The number of rotatable bonds is 16. The number of ether oxygens (including phenoxy) is 6. The minimum atomic E-state index is -0.171. The first-order chi connectivity index (χ1) is 26.6. The second-order valence-corrected chi connectivity index (χ2v) is 15.9. The van der Waals surface area contributed by atoms with Gasteiger partial charge in [-0.15, -0.1) is 0 Å². The third-order valence-electron chi connectivity index (χ3n) is 13.2. The highest BCUT2D eigenvalue weighted by molar-refractivity contribution is 5.74. The van der Waals surface area contributed by atoms with E-state index in [9.17, 15) is 9.59 Å². The van der Waals surface area contributed by atoms with Crippen LogP contribution in [0.5, 0.6) is 23.0 Å². The first kappa shape index (κ1) is 40.6. The average molecular weight is 759 g/mol. The number of likely N-dealkylation sites (N-methyl/N-ethyl adjacent to an activating group) is 1. The molecule has 2 aromatic rings. The van der Waals surface area contributed by atoms with Crippen LogP contribution in [0, 0.1) is 11.8 Å². The smallest absolute Gasteiger partial charge is 0.313 e. The van der Waals surface area contributed by atoms with Gasteiger partial charge in [-0.1, -0.05) is 39.8 Å². The molecule has 5 atom stereocenters. The Morgan fingerprint density at radius 3 is 1.85 bits per heavy atom. The van der Waals surface area contributed by atoms with E-state index in [1.54, 1.807) is 21.3 Å². The maximum Gasteiger partial charge on any atom is 0.313 e. The molecule has 10 heteroatoms. The Balaban J connectivity index is 1.19. The molecule has 2 aliphatic carbocycles. The van der Waals surface area contributed by atoms with Crippen LogP contribution in [0.4, 0.5) is 0 Å². The van der Waals surface area contributed by atoms with E-state index in [0.29, 0.717) is 42.6 Å². The fourth-order valence-electron chi connectivity index (χ4n) is 9.46. The number of allylic oxidation sites excluding steroid dienone is 2. The predicted molar refractivity (Wildman–Crippen MR) is 213 cm³/mol. The van der Waals surface area contributed by atoms with Crippen LogP contribution >= 0.6 is 0 Å². The first-order valence-electron chi connectivity index (χ1n) is 20.4. The van der Waals surface area contributed by atoms with E-state index in [1.807, 2.05) is 33.8 Å². The van der Waals surface area contributed by atoms with E-state index >= 15 is 0 Å². The van der Waals surface area contributed by atoms with Gasteiger partial charge in [0.15, 0.2) is 23.0 Å². The van der Waals surface area contributed by atoms with Gasteiger partial charge in [0.1, 0.15) is 18.1 Å². The zero-order chi connectivity index (χ0) is 39.3. The zero-order valence-corrected chi connectivity index (χ0v) is 34.3. The second kappa shape index (κ2) is 17.4. The molecule has 2 aromatic carbocycles. The number of fused-ring (bicyclic) bond motifs is 2. The lowest BCUT2D eigenvalue weighted by Crippen LogP contribution is -2.45. The van der Waals surface area contributed by atoms with Crippen molar-refractivity contribution < 1.29 is 38.0 Å². The van der Waals surface area contributed by atoms with Crippen LogP contribution in [-0.4, -0.2) is 88.4 Å². The standard InChI is InChI=1S/C45H62N2O8/c1-9-30(4)42(48)54-35-17-19-45(33-12-14-36(50-6)38(26-33)51-7)21-23-47(41(45)29-35)24-25-53-37-15-13-32(27-39(37)52-8)44-18-16-34(28-40(44)46(5)22-20-44)55-43(49)31(10-2)11-3/h12-15,26-31,40-41H,9-11,16-25H2,1-8H3. The molecule has 2 aliphatic heterocycles. The number of nitrogens with zero attached hydrogens (tertiary/aromatic N) is 2. The SMILES string of the molecule is CCC(C)C(=O)OC1=CC2N(CCOc3ccc(C45CCC(OC(=O)C(CC)CC)=CC4N(C)CC5)cc3OC)CCC2(c2ccc(OC)c(OC)c2)CC1. The summed E-state index contributed by atoms with van der Waals surface area (Å²) in [6, 6.07) is 12.8. The highest BCUT2D eigenvalue weighted by Gasteiger charge is 2.51. The summed E-state index contributed by atoms with van der Waals surface area (Å²) in [5, 5.41) is 0. The van der Waals surface area contributed by atoms with E-state index in [1.165, 1.54) is 11.1 Å². The first-order valence-corrected chi connectivity index (χ1v) is 20.4. The topological polar surface area (TPSA) is 96.0 Å². The Morgan fingerprint density at radius 2 is 1.25 bits per heavy atom. The Kier molecular flexibility index (Phi) is 12.9. The molecule has 0 radical (unpaired) electrons. The van der Waals surface area contributed by atoms with E-state index in [2.05, 4.69) is 59.3 Å². The molecule has 2 saturated heterocycles. The van der Waals surface area contributed by atoms with Crippen LogP contribution in [0.15, 0.2) is 60.1 Å². The van der Waals surface area contributed by atoms with Crippen molar-refractivity contribution in [3.8, 4) is 23.0 Å². The Bertz CT molecular complexity index is 1750. The Hall–Kier alpha value is -4.02. The van der Waals surface area contributed by atoms with Gasteiger partial charge >= 0.3 is 11.9 Å². The highest BCUT2D eigenvalue weighted by Crippen LogP contribution is 2.51. The molecule has 300 valence electrons. The molecule has 6 rings (SSSR count). The normalized spacial score (nSPS) is 25.7. The summed E-state index contributed by atoms with van der Waals surface area (Å²) in [4.78, 5) is 30.5. The van der Waals surface area contributed by atoms with E-state index in [4.69, 9.17) is 28.4 Å². The van der Waals surface area contributed by atoms with Crippen molar-refractivity contribution in [3.63, 3.8) is 0 Å². The van der Waals surface area contributed by atoms with Gasteiger partial charge < -0.3 is 28.4 Å². The van der Waals surface area contributed by atoms with Crippen molar-refractivity contribution in [3.05, 3.63) is 71.2 Å². The molecule has 0 N–H and O–H groups in total. The molecule has 4 aliphatic rings. The summed E-state index contributed by atoms with van der Waals surface area (Å²) >= 11 is 0. The molecule has 10 nitrogen and oxygen atoms in total. The lowest BCUT2D eigenvalue weighted by molar-refractivity contribution is -0.145. The minimum absolute atomic E-state index is 0.0145. The van der Waals surface area contributed by atoms with Crippen molar-refractivity contribution in [1.82, 2.24) is 9.80 Å². The predicted octanol–water partition coefficient (Wildman–Crippen LogP) is 7.97. The van der Waals surface area contributed by atoms with Gasteiger partial charge in [0.05, 0.1) is 33.2 Å². The van der Waals surface area contributed by atoms with Crippen molar-refractivity contribution in [2.24, 2.45) is 11.8 Å².